The highest BCUT2D eigenvalue weighted by Gasteiger charge is 2.29. The Labute approximate surface area is 325 Å². The Morgan fingerprint density at radius 2 is 1.69 bits per heavy atom. The van der Waals surface area contributed by atoms with Crippen LogP contribution in [0, 0.1) is 5.82 Å². The van der Waals surface area contributed by atoms with Crippen LogP contribution >= 0.6 is 34.7 Å². The second kappa shape index (κ2) is 18.2. The van der Waals surface area contributed by atoms with Crippen LogP contribution in [-0.2, 0) is 33.8 Å². The summed E-state index contributed by atoms with van der Waals surface area (Å²) in [6.45, 7) is 4.18. The molecule has 54 heavy (non-hydrogen) atoms. The average Bonchev–Trinajstić information content (AvgIpc) is 3.53. The van der Waals surface area contributed by atoms with Crippen molar-refractivity contribution < 1.29 is 28.3 Å². The summed E-state index contributed by atoms with van der Waals surface area (Å²) in [4.78, 5) is 57.0. The van der Waals surface area contributed by atoms with E-state index in [0.29, 0.717) is 39.7 Å². The highest BCUT2D eigenvalue weighted by molar-refractivity contribution is 8.00. The van der Waals surface area contributed by atoms with E-state index < -0.39 is 23.6 Å². The molecule has 1 aliphatic rings. The van der Waals surface area contributed by atoms with E-state index in [1.165, 1.54) is 52.9 Å². The Morgan fingerprint density at radius 3 is 2.43 bits per heavy atom. The normalized spacial score (nSPS) is 12.8. The summed E-state index contributed by atoms with van der Waals surface area (Å²) in [7, 11) is 0. The molecule has 9 nitrogen and oxygen atoms in total. The number of thioether (sulfide) groups is 1. The average molecular weight is 783 g/mol. The van der Waals surface area contributed by atoms with Crippen LogP contribution in [0.1, 0.15) is 49.2 Å². The highest BCUT2D eigenvalue weighted by Crippen LogP contribution is 2.38. The molecule has 276 valence electrons. The van der Waals surface area contributed by atoms with Gasteiger partial charge < -0.3 is 20.7 Å². The van der Waals surface area contributed by atoms with Gasteiger partial charge >= 0.3 is 5.97 Å². The molecule has 0 fully saturated rings. The maximum absolute atomic E-state index is 14.7. The number of nitrogens with one attached hydrogen (secondary N) is 3. The first-order chi connectivity index (χ1) is 26.2. The van der Waals surface area contributed by atoms with Crippen molar-refractivity contribution in [2.75, 3.05) is 29.5 Å². The van der Waals surface area contributed by atoms with Crippen molar-refractivity contribution in [2.45, 2.75) is 31.3 Å². The Bertz CT molecular complexity index is 2180. The predicted molar refractivity (Wildman–Crippen MR) is 212 cm³/mol. The van der Waals surface area contributed by atoms with Crippen LogP contribution < -0.4 is 16.0 Å². The molecule has 0 unspecified atom stereocenters. The van der Waals surface area contributed by atoms with Crippen LogP contribution in [0.15, 0.2) is 114 Å². The molecule has 0 saturated heterocycles. The minimum absolute atomic E-state index is 0.0203. The van der Waals surface area contributed by atoms with Gasteiger partial charge in [0.05, 0.1) is 22.9 Å². The van der Waals surface area contributed by atoms with Crippen LogP contribution in [-0.4, -0.2) is 47.5 Å². The number of hydrogen-bond acceptors (Lipinski definition) is 8. The van der Waals surface area contributed by atoms with Crippen LogP contribution in [0.25, 0.3) is 6.08 Å². The van der Waals surface area contributed by atoms with Crippen molar-refractivity contribution in [3.63, 3.8) is 0 Å². The molecule has 0 bridgehead atoms. The summed E-state index contributed by atoms with van der Waals surface area (Å²) < 4.78 is 20.1. The summed E-state index contributed by atoms with van der Waals surface area (Å²) in [6.07, 6.45) is 1.85. The van der Waals surface area contributed by atoms with Gasteiger partial charge in [0.1, 0.15) is 16.5 Å². The molecule has 1 aromatic heterocycles. The molecule has 5 aromatic rings. The number of carbonyl (C=O) groups excluding carboxylic acids is 4. The van der Waals surface area contributed by atoms with Gasteiger partial charge in [0, 0.05) is 46.2 Å². The fourth-order valence-electron chi connectivity index (χ4n) is 5.85. The monoisotopic (exact) mass is 782 g/mol. The van der Waals surface area contributed by atoms with Crippen LogP contribution in [0.3, 0.4) is 0 Å². The number of hydrogen-bond donors (Lipinski definition) is 3. The summed E-state index contributed by atoms with van der Waals surface area (Å²) in [5, 5.41) is 8.81. The van der Waals surface area contributed by atoms with Gasteiger partial charge in [-0.1, -0.05) is 72.3 Å². The molecule has 6 rings (SSSR count). The molecular weight excluding hydrogens is 747 g/mol. The maximum atomic E-state index is 14.7. The van der Waals surface area contributed by atoms with E-state index in [1.54, 1.807) is 61.5 Å². The molecule has 4 aromatic carbocycles. The third-order valence-corrected chi connectivity index (χ3v) is 10.9. The molecule has 0 aliphatic carbocycles. The zero-order valence-corrected chi connectivity index (χ0v) is 31.6. The third kappa shape index (κ3) is 9.83. The largest absolute Gasteiger partial charge is 0.462 e. The zero-order valence-electron chi connectivity index (χ0n) is 29.2. The molecule has 0 radical (unpaired) electrons. The number of esters is 1. The Morgan fingerprint density at radius 1 is 0.944 bits per heavy atom. The topological polar surface area (TPSA) is 117 Å². The number of fused-ring (bicyclic) bond motifs is 1. The summed E-state index contributed by atoms with van der Waals surface area (Å²) in [5.74, 6) is -2.69. The Hall–Kier alpha value is -5.27. The molecular formula is C41H36ClFN4O5S2. The van der Waals surface area contributed by atoms with Crippen molar-refractivity contribution in [3.8, 4) is 0 Å². The van der Waals surface area contributed by atoms with E-state index in [9.17, 15) is 23.6 Å². The maximum Gasteiger partial charge on any atom is 0.341 e. The summed E-state index contributed by atoms with van der Waals surface area (Å²) in [5.41, 5.74) is 2.92. The lowest BCUT2D eigenvalue weighted by Gasteiger charge is -2.27. The molecule has 0 atom stereocenters. The molecule has 3 N–H and O–H groups in total. The van der Waals surface area contributed by atoms with Gasteiger partial charge in [0.2, 0.25) is 5.91 Å². The molecule has 1 aliphatic heterocycles. The second-order valence-electron chi connectivity index (χ2n) is 12.2. The minimum atomic E-state index is -0.714. The quantitative estimate of drug-likeness (QED) is 0.0624. The number of halogens is 2. The zero-order chi connectivity index (χ0) is 38.0. The first-order valence-electron chi connectivity index (χ1n) is 17.1. The van der Waals surface area contributed by atoms with E-state index in [0.717, 1.165) is 23.5 Å². The van der Waals surface area contributed by atoms with Crippen molar-refractivity contribution in [3.05, 3.63) is 152 Å². The Balaban J connectivity index is 1.13. The van der Waals surface area contributed by atoms with Gasteiger partial charge in [-0.05, 0) is 73.0 Å². The predicted octanol–water partition coefficient (Wildman–Crippen LogP) is 8.42. The van der Waals surface area contributed by atoms with Crippen molar-refractivity contribution >= 4 is 75.2 Å². The van der Waals surface area contributed by atoms with Crippen molar-refractivity contribution in [1.82, 2.24) is 10.2 Å². The van der Waals surface area contributed by atoms with E-state index in [2.05, 4.69) is 33.0 Å². The first kappa shape index (κ1) is 38.5. The van der Waals surface area contributed by atoms with Gasteiger partial charge in [0.15, 0.2) is 0 Å². The van der Waals surface area contributed by atoms with Gasteiger partial charge in [-0.2, -0.15) is 0 Å². The smallest absolute Gasteiger partial charge is 0.341 e. The molecule has 2 heterocycles. The van der Waals surface area contributed by atoms with E-state index >= 15 is 0 Å². The number of thiophene rings is 1. The summed E-state index contributed by atoms with van der Waals surface area (Å²) in [6, 6.07) is 29.4. The van der Waals surface area contributed by atoms with E-state index in [4.69, 9.17) is 16.3 Å². The SMILES string of the molecule is CCOC(=O)c1c(NC(=O)CSc2cccc(NC(=O)/C(=C\c3c(F)cccc3Cl)NC(=O)c3ccccc3)c2)sc2c1CCN(Cc1ccccc1)C2. The second-order valence-corrected chi connectivity index (χ2v) is 14.8. The van der Waals surface area contributed by atoms with Gasteiger partial charge in [-0.15, -0.1) is 23.1 Å². The lowest BCUT2D eigenvalue weighted by Crippen LogP contribution is -2.30. The number of nitrogens with zero attached hydrogens (tertiary/aromatic N) is 1. The van der Waals surface area contributed by atoms with Gasteiger partial charge in [0.25, 0.3) is 11.8 Å². The standard InChI is InChI=1S/C41H36ClFN4O5S2/c1-2-52-41(51)37-30-19-20-47(23-26-11-5-3-6-12-26)24-35(30)54-40(37)46-36(48)25-53-29-16-9-15-28(21-29)44-39(50)34(22-31-32(42)17-10-18-33(31)43)45-38(49)27-13-7-4-8-14-27/h3-18,21-22H,2,19-20,23-25H2,1H3,(H,44,50)(H,45,49)(H,46,48)/b34-22+. The van der Waals surface area contributed by atoms with Crippen molar-refractivity contribution in [2.24, 2.45) is 0 Å². The first-order valence-corrected chi connectivity index (χ1v) is 19.3. The molecule has 0 saturated carbocycles. The number of ether oxygens (including phenoxy) is 1. The van der Waals surface area contributed by atoms with E-state index in [1.807, 2.05) is 18.2 Å². The lowest BCUT2D eigenvalue weighted by molar-refractivity contribution is -0.114. The van der Waals surface area contributed by atoms with Crippen LogP contribution in [0.4, 0.5) is 15.1 Å². The number of benzene rings is 4. The number of amides is 3. The van der Waals surface area contributed by atoms with Gasteiger partial charge in [-0.3, -0.25) is 19.3 Å². The Kier molecular flexibility index (Phi) is 12.9. The molecule has 0 spiro atoms. The third-order valence-electron chi connectivity index (χ3n) is 8.40. The lowest BCUT2D eigenvalue weighted by atomic mass is 10.0. The molecule has 3 amide bonds. The van der Waals surface area contributed by atoms with Gasteiger partial charge in [-0.25, -0.2) is 9.18 Å². The summed E-state index contributed by atoms with van der Waals surface area (Å²) >= 11 is 8.87. The van der Waals surface area contributed by atoms with Crippen molar-refractivity contribution in [1.29, 1.82) is 0 Å². The number of anilines is 2. The van der Waals surface area contributed by atoms with Crippen LogP contribution in [0.2, 0.25) is 5.02 Å². The fraction of sp³-hybridized carbons (Fsp3) is 0.171. The number of rotatable bonds is 13. The van der Waals surface area contributed by atoms with Crippen LogP contribution in [0.5, 0.6) is 0 Å². The highest BCUT2D eigenvalue weighted by atomic mass is 35.5. The minimum Gasteiger partial charge on any atom is -0.462 e. The number of carbonyl (C=O) groups is 4. The fourth-order valence-corrected chi connectivity index (χ4v) is 8.12. The van der Waals surface area contributed by atoms with E-state index in [-0.39, 0.29) is 34.6 Å². The molecule has 13 heteroatoms.